The molecule has 0 aliphatic rings. The summed E-state index contributed by atoms with van der Waals surface area (Å²) >= 11 is 0. The number of aromatic nitrogens is 3. The van der Waals surface area contributed by atoms with Crippen molar-refractivity contribution in [3.63, 3.8) is 0 Å². The van der Waals surface area contributed by atoms with Gasteiger partial charge in [0.05, 0.1) is 36.7 Å². The first-order chi connectivity index (χ1) is 30.4. The Kier molecular flexibility index (Phi) is 17.4. The minimum absolute atomic E-state index is 0. The van der Waals surface area contributed by atoms with E-state index in [1.165, 1.54) is 0 Å². The van der Waals surface area contributed by atoms with Gasteiger partial charge in [-0.25, -0.2) is 0 Å². The maximum atomic E-state index is 11.4. The molecule has 0 fully saturated rings. The molecule has 0 saturated heterocycles. The van der Waals surface area contributed by atoms with Crippen LogP contribution < -0.4 is 0 Å². The van der Waals surface area contributed by atoms with Crippen LogP contribution in [0, 0.1) is 38.6 Å². The fraction of sp³-hybridized carbons (Fsp3) is 0.333. The van der Waals surface area contributed by atoms with Crippen molar-refractivity contribution in [3.05, 3.63) is 143 Å². The SMILES string of the molecule is CC(C)(C)c1cc(C=NCCN(CCN=Cc2cc(C(C)(C)C)cc(-c3ccccn3)c2O)CCN=Cc2cc(C(C)(C)C)cc(-c3ccccn3)c2O)c(O)c(-c2ccccn2)c1.[Tb]. The second kappa shape index (κ2) is 22.3. The van der Waals surface area contributed by atoms with Crippen molar-refractivity contribution in [1.29, 1.82) is 0 Å². The first-order valence-electron chi connectivity index (χ1n) is 22.0. The van der Waals surface area contributed by atoms with E-state index in [4.69, 9.17) is 15.0 Å². The van der Waals surface area contributed by atoms with Crippen molar-refractivity contribution in [3.8, 4) is 51.0 Å². The molecular weight excluding hydrogens is 954 g/mol. The number of hydrogen-bond acceptors (Lipinski definition) is 10. The van der Waals surface area contributed by atoms with Crippen molar-refractivity contribution >= 4 is 18.6 Å². The molecule has 6 aromatic rings. The molecule has 6 rings (SSSR count). The van der Waals surface area contributed by atoms with Gasteiger partial charge in [-0.2, -0.15) is 0 Å². The van der Waals surface area contributed by atoms with Crippen LogP contribution in [0.3, 0.4) is 0 Å². The van der Waals surface area contributed by atoms with Crippen LogP contribution in [0.2, 0.25) is 0 Å². The Morgan fingerprint density at radius 2 is 0.723 bits per heavy atom. The first kappa shape index (κ1) is 50.8. The summed E-state index contributed by atoms with van der Waals surface area (Å²) in [5.41, 5.74) is 8.76. The molecular formula is C54H63N7O3Tb. The van der Waals surface area contributed by atoms with Gasteiger partial charge in [0.15, 0.2) is 0 Å². The Bertz CT molecular complexity index is 2310. The van der Waals surface area contributed by atoms with Crippen LogP contribution >= 0.6 is 0 Å². The average Bonchev–Trinajstić information content (AvgIpc) is 3.26. The van der Waals surface area contributed by atoms with Gasteiger partial charge in [-0.1, -0.05) is 80.5 Å². The van der Waals surface area contributed by atoms with E-state index in [1.807, 2.05) is 91.0 Å². The van der Waals surface area contributed by atoms with Crippen molar-refractivity contribution in [1.82, 2.24) is 19.9 Å². The van der Waals surface area contributed by atoms with E-state index in [2.05, 4.69) is 82.2 Å². The molecule has 341 valence electrons. The molecule has 3 aromatic heterocycles. The van der Waals surface area contributed by atoms with Gasteiger partial charge in [0.2, 0.25) is 0 Å². The largest absolute Gasteiger partial charge is 0.507 e. The number of rotatable bonds is 15. The number of pyridine rings is 3. The minimum atomic E-state index is -0.159. The molecule has 3 aromatic carbocycles. The maximum Gasteiger partial charge on any atom is 0.133 e. The van der Waals surface area contributed by atoms with Gasteiger partial charge < -0.3 is 15.3 Å². The van der Waals surface area contributed by atoms with E-state index in [0.717, 1.165) is 16.7 Å². The van der Waals surface area contributed by atoms with Gasteiger partial charge in [0.25, 0.3) is 0 Å². The van der Waals surface area contributed by atoms with Gasteiger partial charge >= 0.3 is 0 Å². The summed E-state index contributed by atoms with van der Waals surface area (Å²) in [6, 6.07) is 29.0. The van der Waals surface area contributed by atoms with Gasteiger partial charge in [0, 0.05) is 129 Å². The standard InChI is InChI=1S/C54H63N7O3.Tb/c1-52(2,3)40-28-37(49(62)43(31-40)46-16-10-13-19-58-46)34-55-22-25-61(26-23-56-35-38-29-41(53(4,5)6)32-44(50(38)63)47-17-11-14-20-59-47)27-24-57-36-39-30-42(54(7,8)9)33-45(51(39)64)48-18-12-15-21-60-48;/h10-21,28-36,62-64H,22-27H2,1-9H3;. The Hall–Kier alpha value is -5.23. The molecule has 0 unspecified atom stereocenters. The van der Waals surface area contributed by atoms with Crippen LogP contribution in [0.15, 0.2) is 125 Å². The third-order valence-corrected chi connectivity index (χ3v) is 11.2. The molecule has 1 radical (unpaired) electrons. The van der Waals surface area contributed by atoms with Crippen molar-refractivity contribution < 1.29 is 53.9 Å². The van der Waals surface area contributed by atoms with Crippen LogP contribution in [0.5, 0.6) is 17.2 Å². The number of phenolic OH excluding ortho intramolecular Hbond substituents is 3. The Labute approximate surface area is 416 Å². The van der Waals surface area contributed by atoms with Gasteiger partial charge in [0.1, 0.15) is 17.2 Å². The molecule has 0 aliphatic heterocycles. The molecule has 0 aliphatic carbocycles. The number of nitrogens with zero attached hydrogens (tertiary/aromatic N) is 7. The molecule has 65 heavy (non-hydrogen) atoms. The normalized spacial score (nSPS) is 12.5. The van der Waals surface area contributed by atoms with Gasteiger partial charge in [-0.05, 0) is 106 Å². The van der Waals surface area contributed by atoms with Crippen LogP contribution in [0.1, 0.15) is 95.7 Å². The smallest absolute Gasteiger partial charge is 0.133 e. The van der Waals surface area contributed by atoms with Crippen LogP contribution in [0.4, 0.5) is 0 Å². The third-order valence-electron chi connectivity index (χ3n) is 11.2. The fourth-order valence-corrected chi connectivity index (χ4v) is 7.14. The molecule has 11 heteroatoms. The predicted octanol–water partition coefficient (Wildman–Crippen LogP) is 10.8. The number of phenols is 3. The third kappa shape index (κ3) is 13.7. The zero-order valence-corrected chi connectivity index (χ0v) is 41.3. The zero-order valence-electron chi connectivity index (χ0n) is 39.2. The van der Waals surface area contributed by atoms with Crippen molar-refractivity contribution in [2.45, 2.75) is 78.6 Å². The molecule has 10 nitrogen and oxygen atoms in total. The Balaban J connectivity index is 0.00000793. The number of aliphatic imine (C=N–C) groups is 3. The fourth-order valence-electron chi connectivity index (χ4n) is 7.14. The van der Waals surface area contributed by atoms with E-state index in [-0.39, 0.29) is 72.1 Å². The number of aromatic hydroxyl groups is 3. The molecule has 0 saturated carbocycles. The second-order valence-corrected chi connectivity index (χ2v) is 19.2. The zero-order chi connectivity index (χ0) is 46.1. The van der Waals surface area contributed by atoms with E-state index in [0.29, 0.717) is 89.7 Å². The van der Waals surface area contributed by atoms with Crippen molar-refractivity contribution in [2.75, 3.05) is 39.3 Å². The summed E-state index contributed by atoms with van der Waals surface area (Å²) in [4.78, 5) is 30.2. The molecule has 0 atom stereocenters. The van der Waals surface area contributed by atoms with Gasteiger partial charge in [-0.3, -0.25) is 34.8 Å². The molecule has 0 bridgehead atoms. The number of benzene rings is 3. The summed E-state index contributed by atoms with van der Waals surface area (Å²) in [6.45, 7) is 22.6. The maximum absolute atomic E-state index is 11.4. The summed E-state index contributed by atoms with van der Waals surface area (Å²) in [5, 5.41) is 34.3. The minimum Gasteiger partial charge on any atom is -0.507 e. The molecule has 3 N–H and O–H groups in total. The summed E-state index contributed by atoms with van der Waals surface area (Å²) < 4.78 is 0. The summed E-state index contributed by atoms with van der Waals surface area (Å²) in [5.74, 6) is 0.433. The monoisotopic (exact) mass is 1020 g/mol. The van der Waals surface area contributed by atoms with E-state index < -0.39 is 0 Å². The summed E-state index contributed by atoms with van der Waals surface area (Å²) in [7, 11) is 0. The van der Waals surface area contributed by atoms with Crippen LogP contribution in [-0.4, -0.2) is 93.1 Å². The van der Waals surface area contributed by atoms with E-state index in [9.17, 15) is 15.3 Å². The second-order valence-electron chi connectivity index (χ2n) is 19.2. The average molecular weight is 1020 g/mol. The van der Waals surface area contributed by atoms with E-state index in [1.54, 1.807) is 37.2 Å². The number of hydrogen-bond donors (Lipinski definition) is 3. The Morgan fingerprint density at radius 1 is 0.446 bits per heavy atom. The Morgan fingerprint density at radius 3 is 0.954 bits per heavy atom. The molecule has 3 heterocycles. The summed E-state index contributed by atoms with van der Waals surface area (Å²) in [6.07, 6.45) is 10.4. The van der Waals surface area contributed by atoms with Gasteiger partial charge in [-0.15, -0.1) is 0 Å². The van der Waals surface area contributed by atoms with Crippen molar-refractivity contribution in [2.24, 2.45) is 15.0 Å². The van der Waals surface area contributed by atoms with Crippen LogP contribution in [0.25, 0.3) is 33.8 Å². The molecule has 0 spiro atoms. The molecule has 0 amide bonds. The predicted molar refractivity (Wildman–Crippen MR) is 264 cm³/mol. The first-order valence-corrected chi connectivity index (χ1v) is 22.0. The van der Waals surface area contributed by atoms with Crippen LogP contribution in [-0.2, 0) is 16.2 Å². The quantitative estimate of drug-likeness (QED) is 0.0871. The van der Waals surface area contributed by atoms with E-state index >= 15 is 0 Å². The topological polar surface area (TPSA) is 140 Å².